The second-order valence-corrected chi connectivity index (χ2v) is 8.69. The third-order valence-corrected chi connectivity index (χ3v) is 6.88. The summed E-state index contributed by atoms with van der Waals surface area (Å²) in [6, 6.07) is 0. The van der Waals surface area contributed by atoms with Crippen molar-refractivity contribution < 1.29 is 65.9 Å². The summed E-state index contributed by atoms with van der Waals surface area (Å²) in [5.41, 5.74) is -5.78. The highest BCUT2D eigenvalue weighted by Gasteiger charge is 3.01. The number of hydrogen-bond donors (Lipinski definition) is 0. The smallest absolute Gasteiger partial charge is 0.236 e. The molecule has 0 heterocycles. The number of alkyl halides is 15. The maximum atomic E-state index is 15.6. The van der Waals surface area contributed by atoms with E-state index < -0.39 is 71.3 Å². The summed E-state index contributed by atoms with van der Waals surface area (Å²) in [6.45, 7) is 0. The molecule has 0 bridgehead atoms. The molecule has 0 aliphatic heterocycles. The fourth-order valence-electron chi connectivity index (χ4n) is 5.14. The Morgan fingerprint density at radius 2 is 0.781 bits per heavy atom. The Hall–Kier alpha value is -1.05. The monoisotopic (exact) mass is 504 g/mol. The highest BCUT2D eigenvalue weighted by molar-refractivity contribution is 5.30. The van der Waals surface area contributed by atoms with Crippen LogP contribution < -0.4 is 0 Å². The molecule has 3 fully saturated rings. The minimum absolute atomic E-state index is 0.105. The second-order valence-electron chi connectivity index (χ2n) is 8.69. The quantitative estimate of drug-likeness (QED) is 0.345. The van der Waals surface area contributed by atoms with Crippen molar-refractivity contribution in [2.75, 3.05) is 0 Å². The lowest BCUT2D eigenvalue weighted by Crippen LogP contribution is -2.86. The molecule has 3 atom stereocenters. The van der Waals surface area contributed by atoms with E-state index >= 15 is 4.39 Å². The van der Waals surface area contributed by atoms with E-state index in [4.69, 9.17) is 0 Å². The van der Waals surface area contributed by atoms with Gasteiger partial charge in [-0.15, -0.1) is 0 Å². The fourth-order valence-corrected chi connectivity index (χ4v) is 5.14. The van der Waals surface area contributed by atoms with Gasteiger partial charge in [0, 0.05) is 0 Å². The summed E-state index contributed by atoms with van der Waals surface area (Å²) in [4.78, 5) is 0. The molecule has 3 unspecified atom stereocenters. The standard InChI is InChI=1S/C17H15F15/c18-10(6-7-4-2-1-3-5-7)8-9(12(21,22)15(27,28)14(10,25)26)13(23,24)17(31,32)16(29,30)11(8,19)20/h7-9H,1-6H2. The Kier molecular flexibility index (Phi) is 5.23. The average molecular weight is 504 g/mol. The predicted octanol–water partition coefficient (Wildman–Crippen LogP) is 7.37. The molecule has 0 nitrogen and oxygen atoms in total. The van der Waals surface area contributed by atoms with Gasteiger partial charge in [0.15, 0.2) is 5.67 Å². The maximum Gasteiger partial charge on any atom is 0.378 e. The molecule has 15 heteroatoms. The van der Waals surface area contributed by atoms with Gasteiger partial charge in [0.2, 0.25) is 0 Å². The first-order valence-electron chi connectivity index (χ1n) is 9.40. The molecule has 3 saturated carbocycles. The SMILES string of the molecule is FC1(F)C2C(C(F)(F)C(F)(F)C1(F)F)C(F)(CC1CCCCC1)C(F)(F)C(F)(F)C2(F)F. The van der Waals surface area contributed by atoms with Crippen LogP contribution >= 0.6 is 0 Å². The van der Waals surface area contributed by atoms with Crippen LogP contribution in [0.25, 0.3) is 0 Å². The van der Waals surface area contributed by atoms with Crippen molar-refractivity contribution in [3.63, 3.8) is 0 Å². The summed E-state index contributed by atoms with van der Waals surface area (Å²) < 4.78 is 213. The van der Waals surface area contributed by atoms with Crippen LogP contribution in [0.15, 0.2) is 0 Å². The second kappa shape index (κ2) is 6.54. The van der Waals surface area contributed by atoms with Crippen molar-refractivity contribution in [3.05, 3.63) is 0 Å². The van der Waals surface area contributed by atoms with Crippen LogP contribution in [-0.2, 0) is 0 Å². The highest BCUT2D eigenvalue weighted by atomic mass is 19.4. The van der Waals surface area contributed by atoms with Crippen LogP contribution in [0, 0.1) is 17.8 Å². The van der Waals surface area contributed by atoms with Gasteiger partial charge in [-0.25, -0.2) is 4.39 Å². The zero-order valence-corrected chi connectivity index (χ0v) is 15.6. The van der Waals surface area contributed by atoms with Crippen LogP contribution in [0.5, 0.6) is 0 Å². The minimum atomic E-state index is -7.39. The van der Waals surface area contributed by atoms with Gasteiger partial charge in [-0.05, 0) is 12.3 Å². The molecular weight excluding hydrogens is 489 g/mol. The van der Waals surface area contributed by atoms with Crippen molar-refractivity contribution >= 4 is 0 Å². The van der Waals surface area contributed by atoms with Crippen molar-refractivity contribution in [1.82, 2.24) is 0 Å². The number of hydrogen-bond acceptors (Lipinski definition) is 0. The molecule has 0 saturated heterocycles. The van der Waals surface area contributed by atoms with Crippen LogP contribution in [0.1, 0.15) is 38.5 Å². The molecule has 0 radical (unpaired) electrons. The Balaban J connectivity index is 2.35. The number of halogens is 15. The Morgan fingerprint density at radius 1 is 0.438 bits per heavy atom. The molecular formula is C17H15F15. The molecule has 0 aromatic carbocycles. The molecule has 3 rings (SSSR count). The third-order valence-electron chi connectivity index (χ3n) is 6.88. The molecule has 0 N–H and O–H groups in total. The summed E-state index contributed by atoms with van der Waals surface area (Å²) in [7, 11) is 0. The van der Waals surface area contributed by atoms with E-state index in [0.717, 1.165) is 0 Å². The van der Waals surface area contributed by atoms with Gasteiger partial charge in [0.1, 0.15) is 5.92 Å². The zero-order valence-electron chi connectivity index (χ0n) is 15.6. The van der Waals surface area contributed by atoms with E-state index in [1.807, 2.05) is 0 Å². The average Bonchev–Trinajstić information content (AvgIpc) is 2.63. The van der Waals surface area contributed by atoms with Crippen LogP contribution in [0.2, 0.25) is 0 Å². The van der Waals surface area contributed by atoms with Crippen LogP contribution in [-0.4, -0.2) is 47.1 Å². The van der Waals surface area contributed by atoms with Gasteiger partial charge in [0.25, 0.3) is 0 Å². The summed E-state index contributed by atoms with van der Waals surface area (Å²) >= 11 is 0. The molecule has 188 valence electrons. The maximum absolute atomic E-state index is 15.6. The lowest BCUT2D eigenvalue weighted by atomic mass is 9.53. The van der Waals surface area contributed by atoms with Gasteiger partial charge in [0.05, 0.1) is 5.92 Å². The Labute approximate surface area is 170 Å². The van der Waals surface area contributed by atoms with Gasteiger partial charge in [-0.2, -0.15) is 61.5 Å². The molecule has 0 aromatic heterocycles. The number of fused-ring (bicyclic) bond motifs is 1. The molecule has 3 aliphatic rings. The first kappa shape index (κ1) is 25.6. The molecule has 0 amide bonds. The fraction of sp³-hybridized carbons (Fsp3) is 1.00. The zero-order chi connectivity index (χ0) is 25.0. The van der Waals surface area contributed by atoms with Gasteiger partial charge < -0.3 is 0 Å². The van der Waals surface area contributed by atoms with E-state index in [9.17, 15) is 61.5 Å². The van der Waals surface area contributed by atoms with E-state index in [2.05, 4.69) is 0 Å². The van der Waals surface area contributed by atoms with Crippen LogP contribution in [0.3, 0.4) is 0 Å². The normalized spacial score (nSPS) is 41.0. The van der Waals surface area contributed by atoms with E-state index in [1.165, 1.54) is 0 Å². The largest absolute Gasteiger partial charge is 0.378 e. The highest BCUT2D eigenvalue weighted by Crippen LogP contribution is 2.76. The molecule has 32 heavy (non-hydrogen) atoms. The van der Waals surface area contributed by atoms with E-state index in [-0.39, 0.29) is 25.7 Å². The van der Waals surface area contributed by atoms with Gasteiger partial charge in [-0.1, -0.05) is 32.1 Å². The molecule has 3 aliphatic carbocycles. The number of rotatable bonds is 2. The lowest BCUT2D eigenvalue weighted by Gasteiger charge is -2.61. The van der Waals surface area contributed by atoms with Crippen molar-refractivity contribution in [1.29, 1.82) is 0 Å². The predicted molar refractivity (Wildman–Crippen MR) is 76.6 cm³/mol. The van der Waals surface area contributed by atoms with Crippen LogP contribution in [0.4, 0.5) is 65.9 Å². The van der Waals surface area contributed by atoms with E-state index in [0.29, 0.717) is 6.42 Å². The van der Waals surface area contributed by atoms with Gasteiger partial charge >= 0.3 is 41.5 Å². The van der Waals surface area contributed by atoms with Crippen molar-refractivity contribution in [2.45, 2.75) is 85.7 Å². The molecule has 0 spiro atoms. The first-order chi connectivity index (χ1) is 14.1. The summed E-state index contributed by atoms with van der Waals surface area (Å²) in [5.74, 6) is -62.2. The van der Waals surface area contributed by atoms with E-state index in [1.54, 1.807) is 0 Å². The van der Waals surface area contributed by atoms with Crippen molar-refractivity contribution in [3.8, 4) is 0 Å². The third kappa shape index (κ3) is 2.56. The molecule has 0 aromatic rings. The first-order valence-corrected chi connectivity index (χ1v) is 9.40. The topological polar surface area (TPSA) is 0 Å². The lowest BCUT2D eigenvalue weighted by molar-refractivity contribution is -0.501. The minimum Gasteiger partial charge on any atom is -0.236 e. The van der Waals surface area contributed by atoms with Crippen molar-refractivity contribution in [2.24, 2.45) is 17.8 Å². The Morgan fingerprint density at radius 3 is 1.19 bits per heavy atom. The Bertz CT molecular complexity index is 743. The summed E-state index contributed by atoms with van der Waals surface area (Å²) in [5, 5.41) is 0. The van der Waals surface area contributed by atoms with Gasteiger partial charge in [-0.3, -0.25) is 0 Å². The summed E-state index contributed by atoms with van der Waals surface area (Å²) in [6.07, 6.45) is -2.21.